The second-order valence-electron chi connectivity index (χ2n) is 13.0. The first-order valence-corrected chi connectivity index (χ1v) is 16.3. The molecule has 23 atom stereocenters. The molecule has 5 rings (SSSR count). The molecule has 5 aliphatic rings. The van der Waals surface area contributed by atoms with Gasteiger partial charge in [-0.2, -0.15) is 0 Å². The van der Waals surface area contributed by atoms with Gasteiger partial charge in [0.15, 0.2) is 31.5 Å². The average molecular weight is 753 g/mol. The van der Waals surface area contributed by atoms with Crippen molar-refractivity contribution >= 4 is 0 Å². The summed E-state index contributed by atoms with van der Waals surface area (Å²) in [7, 11) is 0. The maximum Gasteiger partial charge on any atom is 0.187 e. The predicted octanol–water partition coefficient (Wildman–Crippen LogP) is -9.62. The molecule has 5 heterocycles. The summed E-state index contributed by atoms with van der Waals surface area (Å²) in [4.78, 5) is 0. The molecule has 23 heteroatoms. The van der Waals surface area contributed by atoms with Gasteiger partial charge in [-0.15, -0.1) is 0 Å². The molecule has 14 N–H and O–H groups in total. The highest BCUT2D eigenvalue weighted by Crippen LogP contribution is 2.33. The Morgan fingerprint density at radius 2 is 0.882 bits per heavy atom. The first kappa shape index (κ1) is 41.2. The Balaban J connectivity index is 1.15. The van der Waals surface area contributed by atoms with Crippen LogP contribution in [-0.2, 0) is 42.6 Å². The van der Waals surface area contributed by atoms with Crippen LogP contribution < -0.4 is 0 Å². The third-order valence-electron chi connectivity index (χ3n) is 9.53. The number of hydrogen-bond acceptors (Lipinski definition) is 23. The molecule has 0 spiro atoms. The molecular formula is C28H48O23. The van der Waals surface area contributed by atoms with Crippen LogP contribution in [0, 0.1) is 0 Å². The van der Waals surface area contributed by atoms with Crippen LogP contribution >= 0.6 is 0 Å². The van der Waals surface area contributed by atoms with Crippen LogP contribution in [0.25, 0.3) is 0 Å². The van der Waals surface area contributed by atoms with E-state index in [9.17, 15) is 71.5 Å². The van der Waals surface area contributed by atoms with E-state index in [0.29, 0.717) is 0 Å². The van der Waals surface area contributed by atoms with Crippen molar-refractivity contribution in [2.45, 2.75) is 148 Å². The van der Waals surface area contributed by atoms with Crippen LogP contribution in [0.4, 0.5) is 0 Å². The van der Waals surface area contributed by atoms with E-state index in [4.69, 9.17) is 42.6 Å². The minimum atomic E-state index is -1.94. The zero-order chi connectivity index (χ0) is 37.5. The molecule has 0 bridgehead atoms. The topological polar surface area (TPSA) is 366 Å². The van der Waals surface area contributed by atoms with Gasteiger partial charge in [0.05, 0.1) is 32.5 Å². The summed E-state index contributed by atoms with van der Waals surface area (Å²) in [5, 5.41) is 144. The van der Waals surface area contributed by atoms with E-state index in [1.54, 1.807) is 0 Å². The van der Waals surface area contributed by atoms with E-state index in [-0.39, 0.29) is 6.61 Å². The molecule has 298 valence electrons. The van der Waals surface area contributed by atoms with Gasteiger partial charge in [0.25, 0.3) is 0 Å². The zero-order valence-corrected chi connectivity index (χ0v) is 27.0. The number of hydrogen-bond donors (Lipinski definition) is 14. The average Bonchev–Trinajstić information content (AvgIpc) is 3.11. The van der Waals surface area contributed by atoms with Crippen molar-refractivity contribution in [3.63, 3.8) is 0 Å². The number of ether oxygens (including phenoxy) is 9. The van der Waals surface area contributed by atoms with Gasteiger partial charge in [0.1, 0.15) is 104 Å². The Hall–Kier alpha value is -0.920. The van der Waals surface area contributed by atoms with Crippen molar-refractivity contribution < 1.29 is 114 Å². The lowest BCUT2D eigenvalue weighted by Gasteiger charge is -2.47. The monoisotopic (exact) mass is 752 g/mol. The third-order valence-corrected chi connectivity index (χ3v) is 9.53. The van der Waals surface area contributed by atoms with Crippen LogP contribution in [0.3, 0.4) is 0 Å². The molecule has 5 saturated heterocycles. The predicted molar refractivity (Wildman–Crippen MR) is 153 cm³/mol. The minimum absolute atomic E-state index is 0.376. The van der Waals surface area contributed by atoms with Crippen LogP contribution in [0.1, 0.15) is 6.92 Å². The lowest BCUT2D eigenvalue weighted by Crippen LogP contribution is -2.66. The van der Waals surface area contributed by atoms with Gasteiger partial charge >= 0.3 is 0 Å². The smallest absolute Gasteiger partial charge is 0.187 e. The van der Waals surface area contributed by atoms with Crippen molar-refractivity contribution in [1.29, 1.82) is 0 Å². The van der Waals surface area contributed by atoms with Crippen LogP contribution in [-0.4, -0.2) is 239 Å². The largest absolute Gasteiger partial charge is 0.394 e. The fourth-order valence-electron chi connectivity index (χ4n) is 6.38. The number of aliphatic hydroxyl groups excluding tert-OH is 14. The van der Waals surface area contributed by atoms with Crippen LogP contribution in [0.2, 0.25) is 0 Å². The summed E-state index contributed by atoms with van der Waals surface area (Å²) >= 11 is 0. The van der Waals surface area contributed by atoms with Gasteiger partial charge in [0, 0.05) is 0 Å². The van der Waals surface area contributed by atoms with Crippen LogP contribution in [0.15, 0.2) is 0 Å². The van der Waals surface area contributed by atoms with Gasteiger partial charge in [-0.1, -0.05) is 0 Å². The molecule has 0 radical (unpaired) electrons. The first-order valence-electron chi connectivity index (χ1n) is 16.3. The van der Waals surface area contributed by atoms with E-state index in [2.05, 4.69) is 0 Å². The summed E-state index contributed by atoms with van der Waals surface area (Å²) in [5.41, 5.74) is 0. The number of aliphatic hydroxyl groups is 14. The summed E-state index contributed by atoms with van der Waals surface area (Å²) in [6, 6.07) is 0. The van der Waals surface area contributed by atoms with E-state index < -0.39 is 161 Å². The number of rotatable bonds is 10. The van der Waals surface area contributed by atoms with Crippen molar-refractivity contribution in [2.24, 2.45) is 0 Å². The highest BCUT2D eigenvalue weighted by molar-refractivity contribution is 4.96. The van der Waals surface area contributed by atoms with E-state index in [1.807, 2.05) is 0 Å². The molecule has 0 aromatic heterocycles. The van der Waals surface area contributed by atoms with E-state index >= 15 is 0 Å². The molecule has 5 aliphatic heterocycles. The Labute approximate surface area is 289 Å². The van der Waals surface area contributed by atoms with Crippen molar-refractivity contribution in [3.8, 4) is 0 Å². The van der Waals surface area contributed by atoms with Gasteiger partial charge < -0.3 is 114 Å². The highest BCUT2D eigenvalue weighted by Gasteiger charge is 2.54. The molecular weight excluding hydrogens is 704 g/mol. The van der Waals surface area contributed by atoms with Crippen LogP contribution in [0.5, 0.6) is 0 Å². The Kier molecular flexibility index (Phi) is 14.0. The van der Waals surface area contributed by atoms with E-state index in [0.717, 1.165) is 0 Å². The van der Waals surface area contributed by atoms with Gasteiger partial charge in [-0.25, -0.2) is 0 Å². The second kappa shape index (κ2) is 17.3. The van der Waals surface area contributed by atoms with Gasteiger partial charge in [-0.05, 0) is 6.92 Å². The lowest BCUT2D eigenvalue weighted by molar-refractivity contribution is -0.380. The van der Waals surface area contributed by atoms with Crippen molar-refractivity contribution in [1.82, 2.24) is 0 Å². The molecule has 23 nitrogen and oxygen atoms in total. The fourth-order valence-corrected chi connectivity index (χ4v) is 6.38. The lowest BCUT2D eigenvalue weighted by atomic mass is 9.96. The third kappa shape index (κ3) is 8.51. The summed E-state index contributed by atoms with van der Waals surface area (Å²) in [6.07, 6.45) is -37.7. The molecule has 0 aromatic carbocycles. The Morgan fingerprint density at radius 3 is 1.49 bits per heavy atom. The van der Waals surface area contributed by atoms with Gasteiger partial charge in [0.2, 0.25) is 0 Å². The maximum absolute atomic E-state index is 10.9. The molecule has 0 saturated carbocycles. The summed E-state index contributed by atoms with van der Waals surface area (Å²) in [6.45, 7) is -1.11. The summed E-state index contributed by atoms with van der Waals surface area (Å²) < 4.78 is 49.0. The minimum Gasteiger partial charge on any atom is -0.394 e. The molecule has 51 heavy (non-hydrogen) atoms. The Bertz CT molecular complexity index is 1090. The molecule has 0 aliphatic carbocycles. The zero-order valence-electron chi connectivity index (χ0n) is 27.0. The molecule has 0 amide bonds. The second-order valence-corrected chi connectivity index (χ2v) is 13.0. The normalized spacial score (nSPS) is 54.3. The fraction of sp³-hybridized carbons (Fsp3) is 1.00. The van der Waals surface area contributed by atoms with Crippen molar-refractivity contribution in [3.05, 3.63) is 0 Å². The maximum atomic E-state index is 10.9. The molecule has 5 fully saturated rings. The van der Waals surface area contributed by atoms with E-state index in [1.165, 1.54) is 6.92 Å². The molecule has 0 aromatic rings. The first-order chi connectivity index (χ1) is 24.1. The quantitative estimate of drug-likeness (QED) is 0.0985. The SMILES string of the molecule is C[C@H]1O[C@@H](O[C@@H]2CO[C@H](O)[C@H](O)[C@@H]2O)[C@H](O)[C@H](O)[C@H]1O[C@H]1OC[C@H](O[C@@H]2O[C@H](CO)[C@@H](O[C@H]3O[C@H](CO)[C@H](O)[C@@H](O)[C@H]3O)[C@H](O)[C@H]2O)[C@@H](O)[C@H]1O. The molecule has 0 unspecified atom stereocenters. The summed E-state index contributed by atoms with van der Waals surface area (Å²) in [5.74, 6) is 0. The highest BCUT2D eigenvalue weighted by atomic mass is 16.8. The standard InChI is InChI=1S/C28H48O23/c1-6-22(15(35)20(40)26(45-6)48-9-4-43-24(42)17(37)12(9)32)50-25-18(38)13(33)10(5-44-25)49-27-21(41)16(36)23(8(3-30)47-27)51-28-19(39)14(34)11(31)7(2-29)46-28/h6-42H,2-5H2,1H3/t6-,7-,8-,9-,10+,11+,12-,13-,14-,15+,16-,17-,18-,19-,20-,21-,22+,23-,24+,25-,26+,27+,28-/m1/s1. The van der Waals surface area contributed by atoms with Crippen molar-refractivity contribution in [2.75, 3.05) is 26.4 Å². The Morgan fingerprint density at radius 1 is 0.431 bits per heavy atom. The van der Waals surface area contributed by atoms with Gasteiger partial charge in [-0.3, -0.25) is 0 Å².